The third kappa shape index (κ3) is 1.77. The van der Waals surface area contributed by atoms with Gasteiger partial charge in [-0.25, -0.2) is 9.97 Å². The van der Waals surface area contributed by atoms with Crippen LogP contribution < -0.4 is 0 Å². The minimum absolute atomic E-state index is 0.970. The zero-order valence-corrected chi connectivity index (χ0v) is 9.96. The van der Waals surface area contributed by atoms with Gasteiger partial charge >= 0.3 is 0 Å². The van der Waals surface area contributed by atoms with Crippen LogP contribution in [0.3, 0.4) is 0 Å². The average molecular weight is 244 g/mol. The van der Waals surface area contributed by atoms with Crippen molar-refractivity contribution in [3.05, 3.63) is 46.6 Å². The van der Waals surface area contributed by atoms with Gasteiger partial charge in [-0.05, 0) is 0 Å². The van der Waals surface area contributed by atoms with Gasteiger partial charge in [-0.2, -0.15) is 0 Å². The van der Waals surface area contributed by atoms with E-state index in [1.807, 2.05) is 29.1 Å². The van der Waals surface area contributed by atoms with Gasteiger partial charge < -0.3 is 0 Å². The Morgan fingerprint density at radius 2 is 1.81 bits per heavy atom. The molecule has 2 aromatic heterocycles. The van der Waals surface area contributed by atoms with E-state index in [0.717, 1.165) is 22.0 Å². The van der Waals surface area contributed by atoms with Gasteiger partial charge in [-0.3, -0.25) is 0 Å². The Hall–Kier alpha value is -1.52. The number of aromatic nitrogens is 2. The molecule has 2 heterocycles. The van der Waals surface area contributed by atoms with Crippen LogP contribution in [-0.2, 0) is 0 Å². The fourth-order valence-corrected chi connectivity index (χ4v) is 2.86. The van der Waals surface area contributed by atoms with Gasteiger partial charge in [0.1, 0.15) is 10.7 Å². The molecule has 4 heteroatoms. The summed E-state index contributed by atoms with van der Waals surface area (Å²) in [5.74, 6) is 0. The molecule has 0 atom stereocenters. The predicted octanol–water partition coefficient (Wildman–Crippen LogP) is 3.93. The first-order valence-electron chi connectivity index (χ1n) is 4.83. The van der Waals surface area contributed by atoms with E-state index in [4.69, 9.17) is 0 Å². The minimum atomic E-state index is 0.970. The van der Waals surface area contributed by atoms with E-state index in [1.165, 1.54) is 0 Å². The Labute approximate surface area is 101 Å². The molecule has 0 aliphatic rings. The van der Waals surface area contributed by atoms with E-state index in [1.54, 1.807) is 22.7 Å². The van der Waals surface area contributed by atoms with Crippen LogP contribution in [0.4, 0.5) is 0 Å². The lowest BCUT2D eigenvalue weighted by Gasteiger charge is -1.93. The molecule has 0 bridgehead atoms. The van der Waals surface area contributed by atoms with Crippen molar-refractivity contribution in [3.8, 4) is 22.0 Å². The van der Waals surface area contributed by atoms with E-state index in [2.05, 4.69) is 27.5 Å². The molecule has 1 aromatic carbocycles. The highest BCUT2D eigenvalue weighted by Crippen LogP contribution is 2.28. The second-order valence-corrected chi connectivity index (χ2v) is 4.85. The number of nitrogens with zero attached hydrogens (tertiary/aromatic N) is 2. The zero-order chi connectivity index (χ0) is 10.8. The summed E-state index contributed by atoms with van der Waals surface area (Å²) in [6, 6.07) is 10.2. The molecule has 0 fully saturated rings. The van der Waals surface area contributed by atoms with E-state index in [-0.39, 0.29) is 0 Å². The van der Waals surface area contributed by atoms with Gasteiger partial charge in [0, 0.05) is 16.3 Å². The highest BCUT2D eigenvalue weighted by atomic mass is 32.1. The number of thiazole rings is 2. The first-order valence-corrected chi connectivity index (χ1v) is 6.65. The van der Waals surface area contributed by atoms with Crippen molar-refractivity contribution in [2.45, 2.75) is 0 Å². The number of hydrogen-bond donors (Lipinski definition) is 0. The van der Waals surface area contributed by atoms with Crippen LogP contribution in [0.2, 0.25) is 0 Å². The van der Waals surface area contributed by atoms with Crippen molar-refractivity contribution in [1.29, 1.82) is 0 Å². The van der Waals surface area contributed by atoms with Crippen molar-refractivity contribution in [1.82, 2.24) is 9.97 Å². The maximum absolute atomic E-state index is 4.59. The number of rotatable bonds is 2. The summed E-state index contributed by atoms with van der Waals surface area (Å²) in [5.41, 5.74) is 4.98. The van der Waals surface area contributed by atoms with Crippen LogP contribution >= 0.6 is 22.7 Å². The van der Waals surface area contributed by atoms with Crippen LogP contribution in [0.1, 0.15) is 0 Å². The Morgan fingerprint density at radius 1 is 0.938 bits per heavy atom. The molecular weight excluding hydrogens is 236 g/mol. The first-order chi connectivity index (χ1) is 7.93. The van der Waals surface area contributed by atoms with E-state index in [9.17, 15) is 0 Å². The topological polar surface area (TPSA) is 25.8 Å². The molecular formula is C12H8N2S2. The molecule has 3 aromatic rings. The largest absolute Gasteiger partial charge is 0.242 e. The SMILES string of the molecule is c1ccc(-c2csc(-c3cscn3)n2)cc1. The lowest BCUT2D eigenvalue weighted by molar-refractivity contribution is 1.34. The summed E-state index contributed by atoms with van der Waals surface area (Å²) in [4.78, 5) is 8.85. The summed E-state index contributed by atoms with van der Waals surface area (Å²) in [6.07, 6.45) is 0. The molecule has 0 radical (unpaired) electrons. The van der Waals surface area contributed by atoms with Crippen LogP contribution in [0.25, 0.3) is 22.0 Å². The molecule has 0 unspecified atom stereocenters. The molecule has 0 aliphatic heterocycles. The van der Waals surface area contributed by atoms with Gasteiger partial charge in [0.15, 0.2) is 0 Å². The third-order valence-corrected chi connectivity index (χ3v) is 3.68. The summed E-state index contributed by atoms with van der Waals surface area (Å²) in [5, 5.41) is 5.08. The summed E-state index contributed by atoms with van der Waals surface area (Å²) >= 11 is 3.23. The van der Waals surface area contributed by atoms with Crippen molar-refractivity contribution >= 4 is 22.7 Å². The molecule has 78 valence electrons. The smallest absolute Gasteiger partial charge is 0.143 e. The molecule has 3 rings (SSSR count). The predicted molar refractivity (Wildman–Crippen MR) is 68.7 cm³/mol. The van der Waals surface area contributed by atoms with Crippen LogP contribution in [0.5, 0.6) is 0 Å². The normalized spacial score (nSPS) is 10.5. The molecule has 0 saturated carbocycles. The summed E-state index contributed by atoms with van der Waals surface area (Å²) < 4.78 is 0. The standard InChI is InChI=1S/C12H8N2S2/c1-2-4-9(5-3-1)10-7-16-12(14-10)11-6-15-8-13-11/h1-8H. The molecule has 16 heavy (non-hydrogen) atoms. The van der Waals surface area contributed by atoms with Gasteiger partial charge in [-0.15, -0.1) is 22.7 Å². The van der Waals surface area contributed by atoms with Gasteiger partial charge in [0.2, 0.25) is 0 Å². The molecule has 0 spiro atoms. The van der Waals surface area contributed by atoms with Gasteiger partial charge in [0.05, 0.1) is 11.2 Å². The van der Waals surface area contributed by atoms with E-state index in [0.29, 0.717) is 0 Å². The van der Waals surface area contributed by atoms with Crippen molar-refractivity contribution in [3.63, 3.8) is 0 Å². The Balaban J connectivity index is 2.00. The average Bonchev–Trinajstić information content (AvgIpc) is 3.01. The third-order valence-electron chi connectivity index (χ3n) is 2.23. The molecule has 0 amide bonds. The van der Waals surface area contributed by atoms with Crippen LogP contribution in [-0.4, -0.2) is 9.97 Å². The second kappa shape index (κ2) is 4.15. The fourth-order valence-electron chi connectivity index (χ4n) is 1.45. The molecule has 0 aliphatic carbocycles. The van der Waals surface area contributed by atoms with E-state index < -0.39 is 0 Å². The van der Waals surface area contributed by atoms with Crippen LogP contribution in [0.15, 0.2) is 46.6 Å². The zero-order valence-electron chi connectivity index (χ0n) is 8.33. The highest BCUT2D eigenvalue weighted by Gasteiger charge is 2.07. The second-order valence-electron chi connectivity index (χ2n) is 3.28. The monoisotopic (exact) mass is 244 g/mol. The Bertz CT molecular complexity index is 570. The molecule has 0 N–H and O–H groups in total. The number of benzene rings is 1. The minimum Gasteiger partial charge on any atom is -0.242 e. The van der Waals surface area contributed by atoms with Crippen molar-refractivity contribution in [2.24, 2.45) is 0 Å². The Kier molecular flexibility index (Phi) is 2.52. The lowest BCUT2D eigenvalue weighted by atomic mass is 10.2. The van der Waals surface area contributed by atoms with Gasteiger partial charge in [-0.1, -0.05) is 30.3 Å². The fraction of sp³-hybridized carbons (Fsp3) is 0. The number of hydrogen-bond acceptors (Lipinski definition) is 4. The lowest BCUT2D eigenvalue weighted by Crippen LogP contribution is -1.78. The Morgan fingerprint density at radius 3 is 2.56 bits per heavy atom. The van der Waals surface area contributed by atoms with Crippen molar-refractivity contribution in [2.75, 3.05) is 0 Å². The van der Waals surface area contributed by atoms with Crippen molar-refractivity contribution < 1.29 is 0 Å². The van der Waals surface area contributed by atoms with Crippen LogP contribution in [0, 0.1) is 0 Å². The molecule has 0 saturated heterocycles. The molecule has 2 nitrogen and oxygen atoms in total. The first kappa shape index (κ1) is 9.69. The van der Waals surface area contributed by atoms with E-state index >= 15 is 0 Å². The maximum atomic E-state index is 4.59. The summed E-state index contributed by atoms with van der Waals surface area (Å²) in [6.45, 7) is 0. The summed E-state index contributed by atoms with van der Waals surface area (Å²) in [7, 11) is 0. The van der Waals surface area contributed by atoms with Gasteiger partial charge in [0.25, 0.3) is 0 Å². The maximum Gasteiger partial charge on any atom is 0.143 e. The highest BCUT2D eigenvalue weighted by molar-refractivity contribution is 7.14. The quantitative estimate of drug-likeness (QED) is 0.682.